The number of rotatable bonds is 3. The fraction of sp³-hybridized carbons (Fsp3) is 0. The molecule has 0 atom stereocenters. The van der Waals surface area contributed by atoms with E-state index >= 15 is 0 Å². The Bertz CT molecular complexity index is 2110. The summed E-state index contributed by atoms with van der Waals surface area (Å²) in [7, 11) is 0. The Morgan fingerprint density at radius 1 is 0.474 bits per heavy atom. The van der Waals surface area contributed by atoms with Crippen LogP contribution in [0, 0.1) is 0 Å². The zero-order valence-corrected chi connectivity index (χ0v) is 20.4. The van der Waals surface area contributed by atoms with Gasteiger partial charge in [-0.15, -0.1) is 0 Å². The Labute approximate surface area is 218 Å². The minimum absolute atomic E-state index is 0.877. The molecule has 0 amide bonds. The van der Waals surface area contributed by atoms with Crippen molar-refractivity contribution in [3.8, 4) is 22.8 Å². The average Bonchev–Trinajstić information content (AvgIpc) is 3.49. The molecule has 5 heteroatoms. The van der Waals surface area contributed by atoms with Crippen LogP contribution in [0.15, 0.2) is 128 Å². The van der Waals surface area contributed by atoms with Crippen molar-refractivity contribution in [3.05, 3.63) is 128 Å². The second kappa shape index (κ2) is 8.11. The summed E-state index contributed by atoms with van der Waals surface area (Å²) in [4.78, 5) is 14.5. The van der Waals surface area contributed by atoms with Crippen molar-refractivity contribution in [2.75, 3.05) is 0 Å². The second-order valence-corrected chi connectivity index (χ2v) is 9.38. The lowest BCUT2D eigenvalue weighted by Gasteiger charge is -2.10. The van der Waals surface area contributed by atoms with Gasteiger partial charge in [0.05, 0.1) is 38.8 Å². The molecule has 0 spiro atoms. The van der Waals surface area contributed by atoms with Crippen molar-refractivity contribution in [3.63, 3.8) is 0 Å². The highest BCUT2D eigenvalue weighted by molar-refractivity contribution is 6.15. The molecular weight excluding hydrogens is 466 g/mol. The van der Waals surface area contributed by atoms with Gasteiger partial charge < -0.3 is 4.57 Å². The Kier molecular flexibility index (Phi) is 4.45. The standard InChI is InChI=1S/C33H21N5/c1-3-12-27-24(9-1)32-29(37(27)23-17-15-22(16-18-23)26-11-5-7-19-34-26)21-30-33(36-32)25-10-2-4-13-28(25)38(30)31-14-6-8-20-35-31/h1-21H. The first-order chi connectivity index (χ1) is 18.9. The van der Waals surface area contributed by atoms with Gasteiger partial charge in [-0.2, -0.15) is 0 Å². The lowest BCUT2D eigenvalue weighted by Crippen LogP contribution is -1.98. The molecule has 0 radical (unpaired) electrons. The predicted molar refractivity (Wildman–Crippen MR) is 154 cm³/mol. The first kappa shape index (κ1) is 20.9. The van der Waals surface area contributed by atoms with Crippen molar-refractivity contribution >= 4 is 43.9 Å². The van der Waals surface area contributed by atoms with E-state index in [1.54, 1.807) is 0 Å². The number of benzene rings is 3. The van der Waals surface area contributed by atoms with E-state index in [9.17, 15) is 0 Å². The van der Waals surface area contributed by atoms with E-state index in [1.165, 1.54) is 0 Å². The lowest BCUT2D eigenvalue weighted by molar-refractivity contribution is 1.08. The summed E-state index contributed by atoms with van der Waals surface area (Å²) < 4.78 is 4.52. The van der Waals surface area contributed by atoms with Crippen molar-refractivity contribution < 1.29 is 0 Å². The van der Waals surface area contributed by atoms with Crippen LogP contribution >= 0.6 is 0 Å². The number of hydrogen-bond donors (Lipinski definition) is 0. The van der Waals surface area contributed by atoms with Gasteiger partial charge in [-0.25, -0.2) is 9.97 Å². The number of aromatic nitrogens is 5. The molecule has 178 valence electrons. The zero-order chi connectivity index (χ0) is 25.1. The third-order valence-electron chi connectivity index (χ3n) is 7.23. The molecule has 8 aromatic rings. The van der Waals surface area contributed by atoms with Crippen LogP contribution in [-0.4, -0.2) is 24.1 Å². The third kappa shape index (κ3) is 3.02. The van der Waals surface area contributed by atoms with E-state index in [0.29, 0.717) is 0 Å². The summed E-state index contributed by atoms with van der Waals surface area (Å²) in [5.74, 6) is 0.877. The normalized spacial score (nSPS) is 11.7. The molecule has 0 unspecified atom stereocenters. The van der Waals surface area contributed by atoms with Crippen LogP contribution in [-0.2, 0) is 0 Å². The molecule has 0 saturated heterocycles. The number of fused-ring (bicyclic) bond motifs is 6. The first-order valence-corrected chi connectivity index (χ1v) is 12.6. The fourth-order valence-electron chi connectivity index (χ4n) is 5.55. The van der Waals surface area contributed by atoms with Gasteiger partial charge in [0, 0.05) is 34.4 Å². The summed E-state index contributed by atoms with van der Waals surface area (Å²) >= 11 is 0. The van der Waals surface area contributed by atoms with Gasteiger partial charge in [-0.1, -0.05) is 60.7 Å². The molecule has 0 fully saturated rings. The minimum atomic E-state index is 0.877. The van der Waals surface area contributed by atoms with Gasteiger partial charge in [-0.05, 0) is 54.6 Å². The van der Waals surface area contributed by atoms with Crippen molar-refractivity contribution in [2.45, 2.75) is 0 Å². The van der Waals surface area contributed by atoms with E-state index in [1.807, 2.05) is 48.8 Å². The number of pyridine rings is 3. The third-order valence-corrected chi connectivity index (χ3v) is 7.23. The molecule has 0 bridgehead atoms. The smallest absolute Gasteiger partial charge is 0.137 e. The van der Waals surface area contributed by atoms with Gasteiger partial charge in [0.2, 0.25) is 0 Å². The van der Waals surface area contributed by atoms with Crippen LogP contribution < -0.4 is 0 Å². The van der Waals surface area contributed by atoms with Crippen LogP contribution in [0.4, 0.5) is 0 Å². The highest BCUT2D eigenvalue weighted by Gasteiger charge is 2.19. The van der Waals surface area contributed by atoms with Gasteiger partial charge >= 0.3 is 0 Å². The SMILES string of the molecule is c1ccc(-c2ccc(-n3c4ccccc4c4nc5c6ccccc6n(-c6ccccn6)c5cc43)cc2)nc1. The summed E-state index contributed by atoms with van der Waals surface area (Å²) in [6.07, 6.45) is 3.66. The minimum Gasteiger partial charge on any atom is -0.308 e. The summed E-state index contributed by atoms with van der Waals surface area (Å²) in [6.45, 7) is 0. The Morgan fingerprint density at radius 2 is 1.08 bits per heavy atom. The summed E-state index contributed by atoms with van der Waals surface area (Å²) in [5.41, 5.74) is 9.42. The molecule has 0 N–H and O–H groups in total. The molecule has 0 aliphatic carbocycles. The maximum absolute atomic E-state index is 5.31. The molecule has 3 aromatic carbocycles. The van der Waals surface area contributed by atoms with E-state index < -0.39 is 0 Å². The van der Waals surface area contributed by atoms with Crippen LogP contribution in [0.2, 0.25) is 0 Å². The number of para-hydroxylation sites is 2. The molecule has 5 heterocycles. The van der Waals surface area contributed by atoms with Crippen molar-refractivity contribution in [1.82, 2.24) is 24.1 Å². The summed E-state index contributed by atoms with van der Waals surface area (Å²) in [6, 6.07) is 39.8. The van der Waals surface area contributed by atoms with Crippen LogP contribution in [0.3, 0.4) is 0 Å². The van der Waals surface area contributed by atoms with Crippen molar-refractivity contribution in [1.29, 1.82) is 0 Å². The average molecular weight is 488 g/mol. The van der Waals surface area contributed by atoms with Gasteiger partial charge in [-0.3, -0.25) is 9.55 Å². The molecular formula is C33H21N5. The second-order valence-electron chi connectivity index (χ2n) is 9.38. The van der Waals surface area contributed by atoms with Crippen LogP contribution in [0.25, 0.3) is 66.6 Å². The largest absolute Gasteiger partial charge is 0.308 e. The van der Waals surface area contributed by atoms with E-state index in [-0.39, 0.29) is 0 Å². The highest BCUT2D eigenvalue weighted by Crippen LogP contribution is 2.37. The van der Waals surface area contributed by atoms with E-state index in [4.69, 9.17) is 4.98 Å². The molecule has 8 rings (SSSR count). The van der Waals surface area contributed by atoms with Crippen LogP contribution in [0.1, 0.15) is 0 Å². The van der Waals surface area contributed by atoms with Gasteiger partial charge in [0.1, 0.15) is 5.82 Å². The molecule has 5 aromatic heterocycles. The van der Waals surface area contributed by atoms with E-state index in [0.717, 1.165) is 66.6 Å². The molecule has 38 heavy (non-hydrogen) atoms. The highest BCUT2D eigenvalue weighted by atomic mass is 15.1. The molecule has 0 saturated carbocycles. The molecule has 0 aliphatic rings. The Morgan fingerprint density at radius 3 is 1.74 bits per heavy atom. The van der Waals surface area contributed by atoms with Gasteiger partial charge in [0.15, 0.2) is 0 Å². The number of hydrogen-bond acceptors (Lipinski definition) is 3. The maximum atomic E-state index is 5.31. The Balaban J connectivity index is 1.45. The maximum Gasteiger partial charge on any atom is 0.137 e. The molecule has 5 nitrogen and oxygen atoms in total. The fourth-order valence-corrected chi connectivity index (χ4v) is 5.55. The van der Waals surface area contributed by atoms with Crippen LogP contribution in [0.5, 0.6) is 0 Å². The lowest BCUT2D eigenvalue weighted by atomic mass is 10.1. The van der Waals surface area contributed by atoms with E-state index in [2.05, 4.69) is 98.0 Å². The first-order valence-electron chi connectivity index (χ1n) is 12.6. The zero-order valence-electron chi connectivity index (χ0n) is 20.4. The quantitative estimate of drug-likeness (QED) is 0.256. The Hall–Kier alpha value is -5.29. The predicted octanol–water partition coefficient (Wildman–Crippen LogP) is 7.73. The van der Waals surface area contributed by atoms with Crippen molar-refractivity contribution in [2.24, 2.45) is 0 Å². The molecule has 0 aliphatic heterocycles. The summed E-state index contributed by atoms with van der Waals surface area (Å²) in [5, 5.41) is 2.25. The topological polar surface area (TPSA) is 48.5 Å². The number of nitrogens with zero attached hydrogens (tertiary/aromatic N) is 5. The van der Waals surface area contributed by atoms with Gasteiger partial charge in [0.25, 0.3) is 0 Å². The monoisotopic (exact) mass is 487 g/mol.